The summed E-state index contributed by atoms with van der Waals surface area (Å²) in [5, 5.41) is 0.674. The van der Waals surface area contributed by atoms with E-state index in [-0.39, 0.29) is 4.83 Å². The van der Waals surface area contributed by atoms with Gasteiger partial charge in [0, 0.05) is 10.0 Å². The third-order valence-electron chi connectivity index (χ3n) is 3.04. The Morgan fingerprint density at radius 3 is 2.33 bits per heavy atom. The molecule has 0 heterocycles. The summed E-state index contributed by atoms with van der Waals surface area (Å²) in [7, 11) is 3.25. The number of hydrogen-bond acceptors (Lipinski definition) is 2. The van der Waals surface area contributed by atoms with E-state index < -0.39 is 0 Å². The van der Waals surface area contributed by atoms with Crippen LogP contribution in [-0.4, -0.2) is 14.2 Å². The molecule has 2 nitrogen and oxygen atoms in total. The average Bonchev–Trinajstić information content (AvgIpc) is 2.49. The van der Waals surface area contributed by atoms with Crippen molar-refractivity contribution in [3.8, 4) is 11.5 Å². The van der Waals surface area contributed by atoms with Gasteiger partial charge in [-0.3, -0.25) is 0 Å². The standard InChI is InChI=1S/C15H12Br3ClO2/c1-20-11-7-6-9(15(21-2)13(11)18)12(17)8-4-3-5-10(16)14(8)19/h3-7,12H,1-2H3. The van der Waals surface area contributed by atoms with Crippen molar-refractivity contribution < 1.29 is 9.47 Å². The molecule has 0 saturated carbocycles. The van der Waals surface area contributed by atoms with Gasteiger partial charge < -0.3 is 9.47 Å². The fourth-order valence-corrected chi connectivity index (χ4v) is 4.18. The third kappa shape index (κ3) is 3.41. The molecule has 0 spiro atoms. The van der Waals surface area contributed by atoms with E-state index in [4.69, 9.17) is 21.1 Å². The monoisotopic (exact) mass is 496 g/mol. The maximum Gasteiger partial charge on any atom is 0.141 e. The van der Waals surface area contributed by atoms with Crippen LogP contribution in [0.15, 0.2) is 39.3 Å². The van der Waals surface area contributed by atoms with Gasteiger partial charge in [0.1, 0.15) is 16.0 Å². The number of halogens is 4. The molecule has 21 heavy (non-hydrogen) atoms. The molecule has 0 radical (unpaired) electrons. The third-order valence-corrected chi connectivity index (χ3v) is 6.09. The Labute approximate surface area is 154 Å². The quantitative estimate of drug-likeness (QED) is 0.456. The van der Waals surface area contributed by atoms with Gasteiger partial charge in [-0.25, -0.2) is 0 Å². The summed E-state index contributed by atoms with van der Waals surface area (Å²) in [6, 6.07) is 9.68. The first-order valence-corrected chi connectivity index (χ1v) is 8.87. The lowest BCUT2D eigenvalue weighted by Crippen LogP contribution is -2.00. The minimum atomic E-state index is -0.0975. The normalized spacial score (nSPS) is 12.1. The van der Waals surface area contributed by atoms with Crippen molar-refractivity contribution in [3.05, 3.63) is 55.4 Å². The number of ether oxygens (including phenoxy) is 2. The number of benzene rings is 2. The minimum absolute atomic E-state index is 0.0975. The van der Waals surface area contributed by atoms with Crippen LogP contribution in [0.2, 0.25) is 5.02 Å². The maximum atomic E-state index is 6.38. The molecule has 0 saturated heterocycles. The SMILES string of the molecule is COc1ccc(C(Br)c2cccc(Br)c2Cl)c(OC)c1Br. The molecule has 2 aromatic carbocycles. The van der Waals surface area contributed by atoms with Crippen LogP contribution in [0.4, 0.5) is 0 Å². The zero-order chi connectivity index (χ0) is 15.6. The minimum Gasteiger partial charge on any atom is -0.495 e. The van der Waals surface area contributed by atoms with Crippen molar-refractivity contribution in [1.82, 2.24) is 0 Å². The molecule has 0 aliphatic rings. The van der Waals surface area contributed by atoms with Gasteiger partial charge in [0.05, 0.1) is 24.1 Å². The fourth-order valence-electron chi connectivity index (χ4n) is 2.00. The first kappa shape index (κ1) is 17.1. The van der Waals surface area contributed by atoms with Crippen molar-refractivity contribution in [2.75, 3.05) is 14.2 Å². The maximum absolute atomic E-state index is 6.38. The number of hydrogen-bond donors (Lipinski definition) is 0. The van der Waals surface area contributed by atoms with Crippen LogP contribution in [0.1, 0.15) is 16.0 Å². The Hall–Kier alpha value is -0.230. The molecule has 0 aliphatic carbocycles. The van der Waals surface area contributed by atoms with Crippen molar-refractivity contribution in [1.29, 1.82) is 0 Å². The number of alkyl halides is 1. The van der Waals surface area contributed by atoms with Crippen LogP contribution in [0.3, 0.4) is 0 Å². The molecule has 6 heteroatoms. The van der Waals surface area contributed by atoms with E-state index in [0.29, 0.717) is 10.8 Å². The lowest BCUT2D eigenvalue weighted by molar-refractivity contribution is 0.386. The second-order valence-electron chi connectivity index (χ2n) is 4.21. The van der Waals surface area contributed by atoms with Crippen LogP contribution in [0.25, 0.3) is 0 Å². The highest BCUT2D eigenvalue weighted by Crippen LogP contribution is 2.46. The van der Waals surface area contributed by atoms with Crippen LogP contribution in [-0.2, 0) is 0 Å². The molecule has 1 atom stereocenters. The summed E-state index contributed by atoms with van der Waals surface area (Å²) in [5.74, 6) is 1.43. The van der Waals surface area contributed by atoms with Crippen LogP contribution in [0.5, 0.6) is 11.5 Å². The summed E-state index contributed by atoms with van der Waals surface area (Å²) in [4.78, 5) is -0.0975. The molecule has 0 aliphatic heterocycles. The molecular weight excluding hydrogens is 487 g/mol. The van der Waals surface area contributed by atoms with Crippen molar-refractivity contribution in [2.45, 2.75) is 4.83 Å². The molecular formula is C15H12Br3ClO2. The summed E-state index contributed by atoms with van der Waals surface area (Å²) in [6.07, 6.45) is 0. The largest absolute Gasteiger partial charge is 0.495 e. The zero-order valence-electron chi connectivity index (χ0n) is 11.3. The van der Waals surface area contributed by atoms with E-state index >= 15 is 0 Å². The average molecular weight is 499 g/mol. The molecule has 112 valence electrons. The van der Waals surface area contributed by atoms with Gasteiger partial charge >= 0.3 is 0 Å². The molecule has 0 aromatic heterocycles. The summed E-state index contributed by atoms with van der Waals surface area (Å²) < 4.78 is 12.5. The van der Waals surface area contributed by atoms with Crippen LogP contribution < -0.4 is 9.47 Å². The van der Waals surface area contributed by atoms with Gasteiger partial charge in [0.2, 0.25) is 0 Å². The van der Waals surface area contributed by atoms with Gasteiger partial charge in [-0.15, -0.1) is 0 Å². The molecule has 2 rings (SSSR count). The predicted molar refractivity (Wildman–Crippen MR) is 97.2 cm³/mol. The molecule has 0 amide bonds. The number of methoxy groups -OCH3 is 2. The van der Waals surface area contributed by atoms with E-state index in [0.717, 1.165) is 25.8 Å². The van der Waals surface area contributed by atoms with E-state index in [1.165, 1.54) is 0 Å². The van der Waals surface area contributed by atoms with Crippen molar-refractivity contribution in [2.24, 2.45) is 0 Å². The molecule has 0 bridgehead atoms. The van der Waals surface area contributed by atoms with Crippen molar-refractivity contribution >= 4 is 59.4 Å². The first-order chi connectivity index (χ1) is 10.0. The van der Waals surface area contributed by atoms with Gasteiger partial charge in [0.25, 0.3) is 0 Å². The Morgan fingerprint density at radius 1 is 1.00 bits per heavy atom. The Balaban J connectivity index is 2.56. The summed E-state index contributed by atoms with van der Waals surface area (Å²) in [5.41, 5.74) is 1.92. The molecule has 2 aromatic rings. The van der Waals surface area contributed by atoms with Gasteiger partial charge in [-0.1, -0.05) is 45.7 Å². The van der Waals surface area contributed by atoms with E-state index in [1.54, 1.807) is 14.2 Å². The van der Waals surface area contributed by atoms with E-state index in [9.17, 15) is 0 Å². The fraction of sp³-hybridized carbons (Fsp3) is 0.200. The molecule has 0 N–H and O–H groups in total. The Bertz CT molecular complexity index is 662. The second-order valence-corrected chi connectivity index (χ2v) is 7.15. The highest BCUT2D eigenvalue weighted by molar-refractivity contribution is 9.11. The predicted octanol–water partition coefficient (Wildman–Crippen LogP) is 6.37. The smallest absolute Gasteiger partial charge is 0.141 e. The van der Waals surface area contributed by atoms with Gasteiger partial charge in [0.15, 0.2) is 0 Å². The molecule has 0 fully saturated rings. The highest BCUT2D eigenvalue weighted by atomic mass is 79.9. The lowest BCUT2D eigenvalue weighted by atomic mass is 10.0. The molecule has 1 unspecified atom stereocenters. The van der Waals surface area contributed by atoms with Crippen LogP contribution >= 0.6 is 59.4 Å². The first-order valence-electron chi connectivity index (χ1n) is 5.99. The Morgan fingerprint density at radius 2 is 1.71 bits per heavy atom. The summed E-state index contributed by atoms with van der Waals surface area (Å²) in [6.45, 7) is 0. The number of rotatable bonds is 4. The van der Waals surface area contributed by atoms with Crippen LogP contribution in [0, 0.1) is 0 Å². The highest BCUT2D eigenvalue weighted by Gasteiger charge is 2.22. The lowest BCUT2D eigenvalue weighted by Gasteiger charge is -2.19. The van der Waals surface area contributed by atoms with Crippen molar-refractivity contribution in [3.63, 3.8) is 0 Å². The van der Waals surface area contributed by atoms with Gasteiger partial charge in [-0.2, -0.15) is 0 Å². The van der Waals surface area contributed by atoms with E-state index in [1.807, 2.05) is 30.3 Å². The van der Waals surface area contributed by atoms with Gasteiger partial charge in [-0.05, 0) is 49.6 Å². The summed E-state index contributed by atoms with van der Waals surface area (Å²) >= 11 is 17.0. The Kier molecular flexibility index (Phi) is 6.00. The van der Waals surface area contributed by atoms with E-state index in [2.05, 4.69) is 47.8 Å². The second kappa shape index (κ2) is 7.36. The topological polar surface area (TPSA) is 18.5 Å². The zero-order valence-corrected chi connectivity index (χ0v) is 16.8.